The van der Waals surface area contributed by atoms with E-state index in [0.29, 0.717) is 16.6 Å². The van der Waals surface area contributed by atoms with Gasteiger partial charge in [-0.1, -0.05) is 17.4 Å². The average Bonchev–Trinajstić information content (AvgIpc) is 3.08. The fourth-order valence-electron chi connectivity index (χ4n) is 2.41. The van der Waals surface area contributed by atoms with Crippen molar-refractivity contribution in [2.75, 3.05) is 5.32 Å². The van der Waals surface area contributed by atoms with Gasteiger partial charge in [-0.3, -0.25) is 9.78 Å². The summed E-state index contributed by atoms with van der Waals surface area (Å²) < 4.78 is 0. The van der Waals surface area contributed by atoms with Gasteiger partial charge in [0.15, 0.2) is 5.01 Å². The van der Waals surface area contributed by atoms with E-state index in [-0.39, 0.29) is 12.5 Å². The van der Waals surface area contributed by atoms with Crippen molar-refractivity contribution < 1.29 is 15.0 Å². The monoisotopic (exact) mass is 306 g/mol. The molecule has 1 fully saturated rings. The van der Waals surface area contributed by atoms with E-state index in [1.54, 1.807) is 6.20 Å². The number of carboxylic acid groups (broad SMARTS) is 1. The maximum absolute atomic E-state index is 11.0. The molecule has 0 aromatic carbocycles. The normalized spacial score (nSPS) is 24.9. The van der Waals surface area contributed by atoms with Gasteiger partial charge in [-0.05, 0) is 25.0 Å². The Kier molecular flexibility index (Phi) is 3.80. The summed E-state index contributed by atoms with van der Waals surface area (Å²) >= 11 is 1.33. The predicted octanol–water partition coefficient (Wildman–Crippen LogP) is 1.24. The third-order valence-corrected chi connectivity index (χ3v) is 4.37. The summed E-state index contributed by atoms with van der Waals surface area (Å²) in [5.74, 6) is -1.38. The number of pyridine rings is 1. The van der Waals surface area contributed by atoms with Gasteiger partial charge in [0.25, 0.3) is 0 Å². The number of rotatable bonds is 4. The standard InChI is InChI=1S/C13H14N4O3S/c18-10-6-7(12(19)20)5-9(10)15-13-17-16-11(21-13)8-3-1-2-4-14-8/h1-4,7,9-10,18H,5-6H2,(H,15,17)(H,19,20). The van der Waals surface area contributed by atoms with E-state index < -0.39 is 18.0 Å². The maximum Gasteiger partial charge on any atom is 0.306 e. The van der Waals surface area contributed by atoms with Crippen molar-refractivity contribution in [1.29, 1.82) is 0 Å². The molecule has 3 unspecified atom stereocenters. The number of carbonyl (C=O) groups is 1. The Balaban J connectivity index is 1.69. The number of nitrogens with one attached hydrogen (secondary N) is 1. The highest BCUT2D eigenvalue weighted by atomic mass is 32.1. The van der Waals surface area contributed by atoms with Crippen LogP contribution < -0.4 is 5.32 Å². The topological polar surface area (TPSA) is 108 Å². The summed E-state index contributed by atoms with van der Waals surface area (Å²) in [7, 11) is 0. The fraction of sp³-hybridized carbons (Fsp3) is 0.385. The molecule has 3 rings (SSSR count). The van der Waals surface area contributed by atoms with Crippen molar-refractivity contribution in [2.45, 2.75) is 25.0 Å². The molecule has 0 saturated heterocycles. The smallest absolute Gasteiger partial charge is 0.306 e. The Bertz CT molecular complexity index is 633. The Labute approximate surface area is 124 Å². The maximum atomic E-state index is 11.0. The zero-order valence-corrected chi connectivity index (χ0v) is 11.8. The van der Waals surface area contributed by atoms with E-state index in [2.05, 4.69) is 20.5 Å². The van der Waals surface area contributed by atoms with Crippen molar-refractivity contribution in [1.82, 2.24) is 15.2 Å². The minimum Gasteiger partial charge on any atom is -0.481 e. The Morgan fingerprint density at radius 2 is 2.19 bits per heavy atom. The number of aliphatic hydroxyl groups excluding tert-OH is 1. The molecule has 1 aliphatic rings. The van der Waals surface area contributed by atoms with Gasteiger partial charge in [0.05, 0.1) is 18.1 Å². The van der Waals surface area contributed by atoms with Gasteiger partial charge in [0, 0.05) is 6.20 Å². The van der Waals surface area contributed by atoms with Gasteiger partial charge in [-0.25, -0.2) is 0 Å². The van der Waals surface area contributed by atoms with Crippen LogP contribution in [-0.4, -0.2) is 43.5 Å². The molecule has 3 N–H and O–H groups in total. The lowest BCUT2D eigenvalue weighted by atomic mass is 10.1. The summed E-state index contributed by atoms with van der Waals surface area (Å²) in [5, 5.41) is 31.3. The van der Waals surface area contributed by atoms with Crippen molar-refractivity contribution >= 4 is 22.4 Å². The summed E-state index contributed by atoms with van der Waals surface area (Å²) in [5.41, 5.74) is 0.735. The Morgan fingerprint density at radius 3 is 2.86 bits per heavy atom. The molecule has 1 saturated carbocycles. The molecule has 21 heavy (non-hydrogen) atoms. The molecule has 0 amide bonds. The highest BCUT2D eigenvalue weighted by Gasteiger charge is 2.37. The van der Waals surface area contributed by atoms with Gasteiger partial charge in [-0.15, -0.1) is 10.2 Å². The van der Waals surface area contributed by atoms with E-state index in [9.17, 15) is 9.90 Å². The molecule has 3 atom stereocenters. The SMILES string of the molecule is O=C(O)C1CC(O)C(Nc2nnc(-c3ccccn3)s2)C1. The minimum atomic E-state index is -0.871. The zero-order chi connectivity index (χ0) is 14.8. The van der Waals surface area contributed by atoms with Crippen molar-refractivity contribution in [3.05, 3.63) is 24.4 Å². The molecule has 1 aliphatic carbocycles. The van der Waals surface area contributed by atoms with Crippen LogP contribution in [0, 0.1) is 5.92 Å². The number of hydrogen-bond donors (Lipinski definition) is 3. The molecule has 0 radical (unpaired) electrons. The highest BCUT2D eigenvalue weighted by Crippen LogP contribution is 2.31. The largest absolute Gasteiger partial charge is 0.481 e. The van der Waals surface area contributed by atoms with Crippen LogP contribution >= 0.6 is 11.3 Å². The van der Waals surface area contributed by atoms with Crippen LogP contribution in [-0.2, 0) is 4.79 Å². The number of nitrogens with zero attached hydrogens (tertiary/aromatic N) is 3. The number of hydrogen-bond acceptors (Lipinski definition) is 7. The molecule has 8 heteroatoms. The van der Waals surface area contributed by atoms with Crippen LogP contribution in [0.3, 0.4) is 0 Å². The lowest BCUT2D eigenvalue weighted by Crippen LogP contribution is -2.27. The van der Waals surface area contributed by atoms with Crippen LogP contribution in [0.4, 0.5) is 5.13 Å². The summed E-state index contributed by atoms with van der Waals surface area (Å²) in [6.45, 7) is 0. The predicted molar refractivity (Wildman–Crippen MR) is 76.9 cm³/mol. The first-order valence-corrected chi connectivity index (χ1v) is 7.37. The molecule has 2 heterocycles. The van der Waals surface area contributed by atoms with E-state index in [4.69, 9.17) is 5.11 Å². The second kappa shape index (κ2) is 5.74. The quantitative estimate of drug-likeness (QED) is 0.779. The van der Waals surface area contributed by atoms with Crippen molar-refractivity contribution in [3.8, 4) is 10.7 Å². The van der Waals surface area contributed by atoms with Crippen molar-refractivity contribution in [3.63, 3.8) is 0 Å². The summed E-state index contributed by atoms with van der Waals surface area (Å²) in [4.78, 5) is 15.2. The zero-order valence-electron chi connectivity index (χ0n) is 11.0. The molecule has 2 aromatic rings. The minimum absolute atomic E-state index is 0.263. The number of aromatic nitrogens is 3. The van der Waals surface area contributed by atoms with Crippen LogP contribution in [0.15, 0.2) is 24.4 Å². The molecule has 0 spiro atoms. The summed E-state index contributed by atoms with van der Waals surface area (Å²) in [6, 6.07) is 5.23. The van der Waals surface area contributed by atoms with Crippen LogP contribution in [0.2, 0.25) is 0 Å². The molecular formula is C13H14N4O3S. The molecular weight excluding hydrogens is 292 g/mol. The van der Waals surface area contributed by atoms with E-state index in [0.717, 1.165) is 5.69 Å². The van der Waals surface area contributed by atoms with Gasteiger partial charge in [0.2, 0.25) is 5.13 Å². The number of anilines is 1. The van der Waals surface area contributed by atoms with Crippen LogP contribution in [0.5, 0.6) is 0 Å². The van der Waals surface area contributed by atoms with Gasteiger partial charge >= 0.3 is 5.97 Å². The highest BCUT2D eigenvalue weighted by molar-refractivity contribution is 7.18. The Morgan fingerprint density at radius 1 is 1.33 bits per heavy atom. The summed E-state index contributed by atoms with van der Waals surface area (Å²) in [6.07, 6.45) is 1.64. The first kappa shape index (κ1) is 13.9. The number of aliphatic carboxylic acids is 1. The van der Waals surface area contributed by atoms with E-state index in [1.807, 2.05) is 18.2 Å². The molecule has 2 aromatic heterocycles. The van der Waals surface area contributed by atoms with Crippen LogP contribution in [0.25, 0.3) is 10.7 Å². The molecule has 0 aliphatic heterocycles. The average molecular weight is 306 g/mol. The lowest BCUT2D eigenvalue weighted by molar-refractivity contribution is -0.141. The molecule has 7 nitrogen and oxygen atoms in total. The number of aliphatic hydroxyl groups is 1. The lowest BCUT2D eigenvalue weighted by Gasteiger charge is -2.14. The van der Waals surface area contributed by atoms with Crippen LogP contribution in [0.1, 0.15) is 12.8 Å². The third kappa shape index (κ3) is 3.01. The van der Waals surface area contributed by atoms with E-state index >= 15 is 0 Å². The second-order valence-corrected chi connectivity index (χ2v) is 5.93. The third-order valence-electron chi connectivity index (χ3n) is 3.50. The second-order valence-electron chi connectivity index (χ2n) is 4.95. The first-order chi connectivity index (χ1) is 10.1. The number of carboxylic acids is 1. The molecule has 0 bridgehead atoms. The molecule has 110 valence electrons. The van der Waals surface area contributed by atoms with Gasteiger partial charge < -0.3 is 15.5 Å². The van der Waals surface area contributed by atoms with Crippen molar-refractivity contribution in [2.24, 2.45) is 5.92 Å². The fourth-order valence-corrected chi connectivity index (χ4v) is 3.19. The van der Waals surface area contributed by atoms with Gasteiger partial charge in [0.1, 0.15) is 5.69 Å². The Hall–Kier alpha value is -2.06. The first-order valence-electron chi connectivity index (χ1n) is 6.56. The van der Waals surface area contributed by atoms with Gasteiger partial charge in [-0.2, -0.15) is 0 Å². The van der Waals surface area contributed by atoms with E-state index in [1.165, 1.54) is 11.3 Å².